The van der Waals surface area contributed by atoms with Gasteiger partial charge in [-0.2, -0.15) is 0 Å². The number of aromatic nitrogens is 2. The van der Waals surface area contributed by atoms with Crippen molar-refractivity contribution in [2.45, 2.75) is 17.6 Å². The van der Waals surface area contributed by atoms with Crippen LogP contribution in [-0.2, 0) is 12.4 Å². The molecule has 0 atom stereocenters. The average molecular weight is 350 g/mol. The lowest BCUT2D eigenvalue weighted by molar-refractivity contribution is 0.0661. The molecule has 1 aromatic carbocycles. The second-order valence-corrected chi connectivity index (χ2v) is 5.47. The summed E-state index contributed by atoms with van der Waals surface area (Å²) in [5, 5.41) is 16.7. The molecule has 0 spiro atoms. The summed E-state index contributed by atoms with van der Waals surface area (Å²) >= 11 is 1.19. The number of nitrogens with zero attached hydrogens (tertiary/aromatic N) is 2. The van der Waals surface area contributed by atoms with Crippen LogP contribution in [0, 0.1) is 5.82 Å². The fourth-order valence-electron chi connectivity index (χ4n) is 1.76. The van der Waals surface area contributed by atoms with Crippen molar-refractivity contribution in [3.63, 3.8) is 0 Å². The minimum Gasteiger partial charge on any atom is -0.481 e. The van der Waals surface area contributed by atoms with Crippen molar-refractivity contribution < 1.29 is 27.9 Å². The van der Waals surface area contributed by atoms with Gasteiger partial charge in [-0.1, -0.05) is 23.9 Å². The normalized spacial score (nSPS) is 10.7. The molecule has 3 rings (SSSR count). The van der Waals surface area contributed by atoms with Crippen molar-refractivity contribution in [1.82, 2.24) is 10.2 Å². The van der Waals surface area contributed by atoms with Crippen LogP contribution < -0.4 is 4.74 Å². The Balaban J connectivity index is 1.53. The third kappa shape index (κ3) is 3.93. The second kappa shape index (κ2) is 7.18. The van der Waals surface area contributed by atoms with Gasteiger partial charge in [0.05, 0.1) is 5.75 Å². The number of hydrogen-bond acceptors (Lipinski definition) is 7. The number of furan rings is 1. The monoisotopic (exact) mass is 350 g/mol. The maximum Gasteiger partial charge on any atom is 0.371 e. The summed E-state index contributed by atoms with van der Waals surface area (Å²) in [6.07, 6.45) is 0. The van der Waals surface area contributed by atoms with Gasteiger partial charge in [-0.3, -0.25) is 0 Å². The molecule has 0 unspecified atom stereocenters. The first kappa shape index (κ1) is 16.1. The first-order valence-corrected chi connectivity index (χ1v) is 7.75. The molecule has 0 bridgehead atoms. The predicted molar refractivity (Wildman–Crippen MR) is 80.3 cm³/mol. The number of rotatable bonds is 7. The molecule has 0 saturated heterocycles. The largest absolute Gasteiger partial charge is 0.481 e. The molecule has 24 heavy (non-hydrogen) atoms. The lowest BCUT2D eigenvalue weighted by atomic mass is 10.3. The number of carbonyl (C=O) groups is 1. The summed E-state index contributed by atoms with van der Waals surface area (Å²) < 4.78 is 29.2. The number of carboxylic acid groups (broad SMARTS) is 1. The van der Waals surface area contributed by atoms with E-state index in [2.05, 4.69) is 10.2 Å². The third-order valence-corrected chi connectivity index (χ3v) is 3.69. The minimum absolute atomic E-state index is 0.0571. The Kier molecular flexibility index (Phi) is 4.80. The van der Waals surface area contributed by atoms with Crippen LogP contribution in [0.15, 0.2) is 50.5 Å². The van der Waals surface area contributed by atoms with Crippen molar-refractivity contribution >= 4 is 17.7 Å². The van der Waals surface area contributed by atoms with E-state index in [4.69, 9.17) is 18.7 Å². The van der Waals surface area contributed by atoms with E-state index >= 15 is 0 Å². The number of benzene rings is 1. The molecule has 0 aliphatic carbocycles. The number of ether oxygens (including phenoxy) is 1. The van der Waals surface area contributed by atoms with Crippen LogP contribution in [0.1, 0.15) is 22.2 Å². The van der Waals surface area contributed by atoms with Gasteiger partial charge >= 0.3 is 5.97 Å². The van der Waals surface area contributed by atoms with Gasteiger partial charge in [0.1, 0.15) is 5.76 Å². The van der Waals surface area contributed by atoms with Crippen LogP contribution >= 0.6 is 11.8 Å². The van der Waals surface area contributed by atoms with E-state index in [1.807, 2.05) is 0 Å². The molecule has 3 aromatic rings. The van der Waals surface area contributed by atoms with E-state index in [1.54, 1.807) is 18.2 Å². The third-order valence-electron chi connectivity index (χ3n) is 2.85. The van der Waals surface area contributed by atoms with E-state index in [0.717, 1.165) is 0 Å². The SMILES string of the molecule is O=C(O)c1ccc(CSc2nnc(COc3ccccc3F)o2)o1. The molecule has 0 saturated carbocycles. The van der Waals surface area contributed by atoms with Crippen molar-refractivity contribution in [3.8, 4) is 5.75 Å². The Hall–Kier alpha value is -2.81. The molecule has 2 heterocycles. The fraction of sp³-hybridized carbons (Fsp3) is 0.133. The maximum atomic E-state index is 13.4. The van der Waals surface area contributed by atoms with Gasteiger partial charge in [-0.05, 0) is 24.3 Å². The van der Waals surface area contributed by atoms with E-state index in [1.165, 1.54) is 30.0 Å². The standard InChI is InChI=1S/C15H11FN2O5S/c16-10-3-1-2-4-11(10)21-7-13-17-18-15(23-13)24-8-9-5-6-12(22-9)14(19)20/h1-6H,7-8H2,(H,19,20). The summed E-state index contributed by atoms with van der Waals surface area (Å²) in [7, 11) is 0. The smallest absolute Gasteiger partial charge is 0.371 e. The molecule has 124 valence electrons. The van der Waals surface area contributed by atoms with Gasteiger partial charge in [0.25, 0.3) is 11.1 Å². The first-order chi connectivity index (χ1) is 11.6. The zero-order valence-corrected chi connectivity index (χ0v) is 13.0. The average Bonchev–Trinajstić information content (AvgIpc) is 3.21. The zero-order chi connectivity index (χ0) is 16.9. The van der Waals surface area contributed by atoms with E-state index in [-0.39, 0.29) is 29.2 Å². The number of thioether (sulfide) groups is 1. The van der Waals surface area contributed by atoms with Crippen molar-refractivity contribution in [1.29, 1.82) is 0 Å². The molecule has 0 aliphatic heterocycles. The van der Waals surface area contributed by atoms with E-state index in [0.29, 0.717) is 11.5 Å². The van der Waals surface area contributed by atoms with Crippen LogP contribution in [0.5, 0.6) is 5.75 Å². The molecule has 1 N–H and O–H groups in total. The highest BCUT2D eigenvalue weighted by Gasteiger charge is 2.12. The Morgan fingerprint density at radius 2 is 2.04 bits per heavy atom. The Labute approximate surface area is 139 Å². The molecule has 0 aliphatic rings. The molecular formula is C15H11FN2O5S. The van der Waals surface area contributed by atoms with Gasteiger partial charge in [-0.25, -0.2) is 9.18 Å². The minimum atomic E-state index is -1.13. The van der Waals surface area contributed by atoms with E-state index in [9.17, 15) is 9.18 Å². The van der Waals surface area contributed by atoms with Gasteiger partial charge in [0.15, 0.2) is 18.2 Å². The molecule has 0 fully saturated rings. The summed E-state index contributed by atoms with van der Waals surface area (Å²) in [6.45, 7) is -0.0571. The second-order valence-electron chi connectivity index (χ2n) is 4.54. The predicted octanol–water partition coefficient (Wildman–Crippen LogP) is 3.37. The van der Waals surface area contributed by atoms with Crippen LogP contribution in [0.2, 0.25) is 0 Å². The summed E-state index contributed by atoms with van der Waals surface area (Å²) in [5.41, 5.74) is 0. The Morgan fingerprint density at radius 3 is 2.79 bits per heavy atom. The fourth-order valence-corrected chi connectivity index (χ4v) is 2.43. The molecule has 7 nitrogen and oxygen atoms in total. The van der Waals surface area contributed by atoms with Crippen LogP contribution in [0.4, 0.5) is 4.39 Å². The Morgan fingerprint density at radius 1 is 1.21 bits per heavy atom. The van der Waals surface area contributed by atoms with Gasteiger partial charge in [-0.15, -0.1) is 10.2 Å². The lowest BCUT2D eigenvalue weighted by Gasteiger charge is -2.03. The van der Waals surface area contributed by atoms with Gasteiger partial charge in [0.2, 0.25) is 5.76 Å². The highest BCUT2D eigenvalue weighted by atomic mass is 32.2. The summed E-state index contributed by atoms with van der Waals surface area (Å²) in [6, 6.07) is 8.95. The Bertz CT molecular complexity index is 848. The molecule has 9 heteroatoms. The molecule has 2 aromatic heterocycles. The quantitative estimate of drug-likeness (QED) is 0.648. The molecule has 0 radical (unpaired) electrons. The van der Waals surface area contributed by atoms with Crippen LogP contribution in [0.25, 0.3) is 0 Å². The maximum absolute atomic E-state index is 13.4. The summed E-state index contributed by atoms with van der Waals surface area (Å²) in [5.74, 6) is -0.624. The molecule has 0 amide bonds. The van der Waals surface area contributed by atoms with Gasteiger partial charge < -0.3 is 18.7 Å². The number of para-hydroxylation sites is 1. The summed E-state index contributed by atoms with van der Waals surface area (Å²) in [4.78, 5) is 10.7. The van der Waals surface area contributed by atoms with Crippen molar-refractivity contribution in [2.75, 3.05) is 0 Å². The van der Waals surface area contributed by atoms with Crippen molar-refractivity contribution in [2.24, 2.45) is 0 Å². The van der Waals surface area contributed by atoms with Crippen LogP contribution in [-0.4, -0.2) is 21.3 Å². The highest BCUT2D eigenvalue weighted by Crippen LogP contribution is 2.23. The molecular weight excluding hydrogens is 339 g/mol. The lowest BCUT2D eigenvalue weighted by Crippen LogP contribution is -1.97. The van der Waals surface area contributed by atoms with E-state index < -0.39 is 11.8 Å². The number of carboxylic acids is 1. The topological polar surface area (TPSA) is 98.6 Å². The van der Waals surface area contributed by atoms with Crippen LogP contribution in [0.3, 0.4) is 0 Å². The van der Waals surface area contributed by atoms with Gasteiger partial charge in [0, 0.05) is 0 Å². The number of halogens is 1. The first-order valence-electron chi connectivity index (χ1n) is 6.76. The number of aromatic carboxylic acids is 1. The van der Waals surface area contributed by atoms with Crippen molar-refractivity contribution in [3.05, 3.63) is 59.6 Å². The highest BCUT2D eigenvalue weighted by molar-refractivity contribution is 7.98. The zero-order valence-electron chi connectivity index (χ0n) is 12.1. The number of hydrogen-bond donors (Lipinski definition) is 1.